The molecule has 1 saturated heterocycles. The Bertz CT molecular complexity index is 1540. The van der Waals surface area contributed by atoms with E-state index in [-0.39, 0.29) is 5.91 Å². The van der Waals surface area contributed by atoms with Gasteiger partial charge in [0.2, 0.25) is 0 Å². The topological polar surface area (TPSA) is 118 Å². The Morgan fingerprint density at radius 3 is 2.81 bits per heavy atom. The lowest BCUT2D eigenvalue weighted by Gasteiger charge is -2.28. The van der Waals surface area contributed by atoms with E-state index in [9.17, 15) is 4.79 Å². The average Bonchev–Trinajstić information content (AvgIpc) is 3.58. The molecule has 0 aliphatic carbocycles. The summed E-state index contributed by atoms with van der Waals surface area (Å²) in [6.07, 6.45) is 5.27. The maximum absolute atomic E-state index is 12.7. The quantitative estimate of drug-likeness (QED) is 0.364. The number of hydrogen-bond acceptors (Lipinski definition) is 9. The number of fused-ring (bicyclic) bond motifs is 2. The summed E-state index contributed by atoms with van der Waals surface area (Å²) in [6.45, 7) is 3.19. The van der Waals surface area contributed by atoms with E-state index < -0.39 is 0 Å². The molecule has 1 aliphatic rings. The van der Waals surface area contributed by atoms with Crippen molar-refractivity contribution in [3.8, 4) is 17.1 Å². The van der Waals surface area contributed by atoms with Crippen molar-refractivity contribution in [2.45, 2.75) is 6.54 Å². The molecule has 0 atom stereocenters. The molecule has 2 N–H and O–H groups in total. The van der Waals surface area contributed by atoms with Gasteiger partial charge in [-0.3, -0.25) is 14.9 Å². The molecular weight excluding hydrogens is 478 g/mol. The number of hydrogen-bond donors (Lipinski definition) is 2. The summed E-state index contributed by atoms with van der Waals surface area (Å²) in [7, 11) is 1.60. The molecule has 6 rings (SSSR count). The Labute approximate surface area is 210 Å². The zero-order valence-corrected chi connectivity index (χ0v) is 20.3. The van der Waals surface area contributed by atoms with Crippen LogP contribution in [0.5, 0.6) is 5.75 Å². The Hall–Kier alpha value is -4.09. The molecule has 1 aromatic carbocycles. The zero-order valence-electron chi connectivity index (χ0n) is 19.5. The van der Waals surface area contributed by atoms with Gasteiger partial charge >= 0.3 is 0 Å². The van der Waals surface area contributed by atoms with Crippen molar-refractivity contribution >= 4 is 44.2 Å². The van der Waals surface area contributed by atoms with E-state index in [2.05, 4.69) is 25.4 Å². The van der Waals surface area contributed by atoms with Crippen molar-refractivity contribution in [1.82, 2.24) is 30.5 Å². The van der Waals surface area contributed by atoms with Gasteiger partial charge in [0.05, 0.1) is 55.0 Å². The van der Waals surface area contributed by atoms with Gasteiger partial charge in [0, 0.05) is 40.7 Å². The number of morpholine rings is 1. The van der Waals surface area contributed by atoms with Crippen LogP contribution in [0.2, 0.25) is 0 Å². The third kappa shape index (κ3) is 4.23. The third-order valence-corrected chi connectivity index (χ3v) is 7.22. The van der Waals surface area contributed by atoms with E-state index >= 15 is 0 Å². The molecule has 182 valence electrons. The van der Waals surface area contributed by atoms with Crippen LogP contribution in [0.15, 0.2) is 48.9 Å². The number of amides is 1. The number of aromatic amines is 1. The van der Waals surface area contributed by atoms with Crippen molar-refractivity contribution < 1.29 is 14.3 Å². The first-order valence-electron chi connectivity index (χ1n) is 11.5. The van der Waals surface area contributed by atoms with Crippen molar-refractivity contribution in [2.24, 2.45) is 0 Å². The lowest BCUT2D eigenvalue weighted by atomic mass is 10.2. The van der Waals surface area contributed by atoms with E-state index in [1.165, 1.54) is 0 Å². The summed E-state index contributed by atoms with van der Waals surface area (Å²) in [4.78, 5) is 30.1. The molecular formula is C25H23N7O3S. The molecule has 36 heavy (non-hydrogen) atoms. The van der Waals surface area contributed by atoms with E-state index in [0.717, 1.165) is 50.5 Å². The van der Waals surface area contributed by atoms with Gasteiger partial charge in [0.25, 0.3) is 5.91 Å². The van der Waals surface area contributed by atoms with Gasteiger partial charge in [-0.15, -0.1) is 11.3 Å². The molecule has 1 fully saturated rings. The zero-order chi connectivity index (χ0) is 24.5. The summed E-state index contributed by atoms with van der Waals surface area (Å²) < 4.78 is 11.7. The van der Waals surface area contributed by atoms with Crippen LogP contribution in [0.1, 0.15) is 15.2 Å². The Morgan fingerprint density at radius 1 is 1.17 bits per heavy atom. The highest BCUT2D eigenvalue weighted by atomic mass is 32.1. The number of carbonyl (C=O) groups is 1. The number of rotatable bonds is 6. The highest BCUT2D eigenvalue weighted by Gasteiger charge is 2.21. The fraction of sp³-hybridized carbons (Fsp3) is 0.240. The number of anilines is 1. The number of pyridine rings is 1. The first-order chi connectivity index (χ1) is 17.7. The van der Waals surface area contributed by atoms with Gasteiger partial charge in [0.1, 0.15) is 5.75 Å². The summed E-state index contributed by atoms with van der Waals surface area (Å²) in [5.74, 6) is 2.03. The number of H-pyrrole nitrogens is 1. The number of thiophene rings is 1. The van der Waals surface area contributed by atoms with Gasteiger partial charge in [-0.2, -0.15) is 5.10 Å². The van der Waals surface area contributed by atoms with Crippen molar-refractivity contribution in [1.29, 1.82) is 0 Å². The normalized spacial score (nSPS) is 13.9. The van der Waals surface area contributed by atoms with E-state index in [0.29, 0.717) is 36.9 Å². The predicted octanol–water partition coefficient (Wildman–Crippen LogP) is 3.40. The number of aromatic nitrogens is 5. The van der Waals surface area contributed by atoms with E-state index in [1.807, 2.05) is 6.07 Å². The van der Waals surface area contributed by atoms with Crippen molar-refractivity contribution in [2.75, 3.05) is 38.3 Å². The van der Waals surface area contributed by atoms with Crippen LogP contribution in [0, 0.1) is 0 Å². The number of methoxy groups -OCH3 is 1. The first-order valence-corrected chi connectivity index (χ1v) is 12.3. The van der Waals surface area contributed by atoms with Crippen molar-refractivity contribution in [3.63, 3.8) is 0 Å². The highest BCUT2D eigenvalue weighted by molar-refractivity contribution is 7.19. The summed E-state index contributed by atoms with van der Waals surface area (Å²) in [5, 5.41) is 11.0. The van der Waals surface area contributed by atoms with Crippen LogP contribution in [-0.2, 0) is 11.3 Å². The van der Waals surface area contributed by atoms with Crippen LogP contribution in [0.25, 0.3) is 32.5 Å². The van der Waals surface area contributed by atoms with E-state index in [1.54, 1.807) is 61.3 Å². The number of nitrogens with zero attached hydrogens (tertiary/aromatic N) is 5. The Balaban J connectivity index is 1.34. The fourth-order valence-corrected chi connectivity index (χ4v) is 5.27. The van der Waals surface area contributed by atoms with Crippen LogP contribution < -0.4 is 15.0 Å². The average molecular weight is 502 g/mol. The fourth-order valence-electron chi connectivity index (χ4n) is 4.22. The number of ether oxygens (including phenoxy) is 2. The maximum Gasteiger partial charge on any atom is 0.251 e. The van der Waals surface area contributed by atoms with Gasteiger partial charge in [0.15, 0.2) is 11.6 Å². The molecule has 0 spiro atoms. The lowest BCUT2D eigenvalue weighted by molar-refractivity contribution is 0.0951. The Morgan fingerprint density at radius 2 is 2.00 bits per heavy atom. The van der Waals surface area contributed by atoms with Crippen LogP contribution in [-0.4, -0.2) is 64.5 Å². The standard InChI is InChI=1S/C25H23N7O3S/c1-34-16-4-2-15(3-5-16)25(33)27-11-17-10-20-22(36-17)24(32-6-8-35-9-7-32)30-23(29-20)19-12-26-14-21-18(19)13-28-31-21/h2-5,10,12-14H,6-9,11H2,1H3,(H,27,33)(H,28,31). The van der Waals surface area contributed by atoms with Crippen molar-refractivity contribution in [3.05, 3.63) is 59.4 Å². The van der Waals surface area contributed by atoms with Crippen LogP contribution in [0.3, 0.4) is 0 Å². The second kappa shape index (κ2) is 9.51. The molecule has 11 heteroatoms. The number of carbonyl (C=O) groups excluding carboxylic acids is 1. The lowest BCUT2D eigenvalue weighted by Crippen LogP contribution is -2.36. The molecule has 5 heterocycles. The van der Waals surface area contributed by atoms with Gasteiger partial charge in [-0.1, -0.05) is 0 Å². The second-order valence-electron chi connectivity index (χ2n) is 8.33. The molecule has 5 aromatic rings. The summed E-state index contributed by atoms with van der Waals surface area (Å²) in [6, 6.07) is 9.06. The van der Waals surface area contributed by atoms with Gasteiger partial charge < -0.3 is 19.7 Å². The minimum Gasteiger partial charge on any atom is -0.497 e. The SMILES string of the molecule is COc1ccc(C(=O)NCc2cc3nc(-c4cncc5[nH]ncc45)nc(N4CCOCC4)c3s2)cc1. The number of benzene rings is 1. The van der Waals surface area contributed by atoms with Gasteiger partial charge in [-0.05, 0) is 30.3 Å². The summed E-state index contributed by atoms with van der Waals surface area (Å²) >= 11 is 1.59. The third-order valence-electron chi connectivity index (χ3n) is 6.10. The highest BCUT2D eigenvalue weighted by Crippen LogP contribution is 2.35. The summed E-state index contributed by atoms with van der Waals surface area (Å²) in [5.41, 5.74) is 3.06. The molecule has 1 aliphatic heterocycles. The number of nitrogens with one attached hydrogen (secondary N) is 2. The predicted molar refractivity (Wildman–Crippen MR) is 137 cm³/mol. The molecule has 1 amide bonds. The minimum absolute atomic E-state index is 0.145. The molecule has 10 nitrogen and oxygen atoms in total. The molecule has 0 saturated carbocycles. The molecule has 0 bridgehead atoms. The van der Waals surface area contributed by atoms with Gasteiger partial charge in [-0.25, -0.2) is 9.97 Å². The molecule has 0 unspecified atom stereocenters. The second-order valence-corrected chi connectivity index (χ2v) is 9.46. The minimum atomic E-state index is -0.145. The first kappa shape index (κ1) is 22.4. The van der Waals surface area contributed by atoms with Crippen LogP contribution >= 0.6 is 11.3 Å². The molecule has 4 aromatic heterocycles. The Kier molecular flexibility index (Phi) is 5.91. The monoisotopic (exact) mass is 501 g/mol. The molecule has 0 radical (unpaired) electrons. The van der Waals surface area contributed by atoms with Crippen LogP contribution in [0.4, 0.5) is 5.82 Å². The maximum atomic E-state index is 12.7. The smallest absolute Gasteiger partial charge is 0.251 e. The van der Waals surface area contributed by atoms with E-state index in [4.69, 9.17) is 19.4 Å². The largest absolute Gasteiger partial charge is 0.497 e.